The number of carbonyl (C=O) groups is 1. The Labute approximate surface area is 411 Å². The van der Waals surface area contributed by atoms with Gasteiger partial charge in [-0.3, -0.25) is 13.8 Å². The van der Waals surface area contributed by atoms with Gasteiger partial charge in [-0.05, 0) is 44.9 Å². The van der Waals surface area contributed by atoms with E-state index in [0.29, 0.717) is 23.9 Å². The van der Waals surface area contributed by atoms with Crippen LogP contribution in [0.3, 0.4) is 0 Å². The Balaban J connectivity index is 4.14. The van der Waals surface area contributed by atoms with Gasteiger partial charge in [0.1, 0.15) is 13.2 Å². The van der Waals surface area contributed by atoms with Gasteiger partial charge in [0.2, 0.25) is 5.91 Å². The van der Waals surface area contributed by atoms with Crippen LogP contribution in [0.1, 0.15) is 284 Å². The van der Waals surface area contributed by atoms with Crippen molar-refractivity contribution in [1.82, 2.24) is 5.32 Å². The Morgan fingerprint density at radius 3 is 1.26 bits per heavy atom. The van der Waals surface area contributed by atoms with Crippen molar-refractivity contribution in [1.29, 1.82) is 0 Å². The fourth-order valence-corrected chi connectivity index (χ4v) is 9.40. The molecule has 0 aliphatic heterocycles. The summed E-state index contributed by atoms with van der Waals surface area (Å²) in [6.07, 6.45) is 60.9. The zero-order chi connectivity index (χ0) is 48.5. The number of quaternary nitrogens is 1. The summed E-state index contributed by atoms with van der Waals surface area (Å²) in [6.45, 7) is 4.90. The first-order valence-electron chi connectivity index (χ1n) is 28.7. The molecule has 3 N–H and O–H groups in total. The van der Waals surface area contributed by atoms with Crippen LogP contribution >= 0.6 is 7.82 Å². The Hall–Kier alpha value is -1.02. The number of hydrogen-bond donors (Lipinski definition) is 3. The highest BCUT2D eigenvalue weighted by Crippen LogP contribution is 2.43. The molecule has 3 unspecified atom stereocenters. The van der Waals surface area contributed by atoms with E-state index in [-0.39, 0.29) is 19.1 Å². The zero-order valence-corrected chi connectivity index (χ0v) is 45.6. The fourth-order valence-electron chi connectivity index (χ4n) is 8.67. The van der Waals surface area contributed by atoms with Crippen molar-refractivity contribution in [2.75, 3.05) is 40.9 Å². The third-order valence-corrected chi connectivity index (χ3v) is 14.2. The maximum atomic E-state index is 13.0. The number of unbranched alkanes of at least 4 members (excludes halogenated alkanes) is 36. The van der Waals surface area contributed by atoms with E-state index >= 15 is 0 Å². The predicted molar refractivity (Wildman–Crippen MR) is 286 cm³/mol. The number of phosphoric ester groups is 1. The third-order valence-electron chi connectivity index (χ3n) is 13.2. The molecule has 0 aromatic rings. The molecule has 0 aliphatic rings. The molecule has 0 radical (unpaired) electrons. The second kappa shape index (κ2) is 49.0. The summed E-state index contributed by atoms with van der Waals surface area (Å²) in [5.74, 6) is -0.149. The summed E-state index contributed by atoms with van der Waals surface area (Å²) >= 11 is 0. The van der Waals surface area contributed by atoms with Gasteiger partial charge in [-0.15, -0.1) is 0 Å². The monoisotopic (exact) mass is 954 g/mol. The molecule has 0 aromatic heterocycles. The van der Waals surface area contributed by atoms with Gasteiger partial charge in [-0.25, -0.2) is 4.57 Å². The number of allylic oxidation sites excluding steroid dienone is 4. The highest BCUT2D eigenvalue weighted by atomic mass is 31.2. The molecule has 0 saturated carbocycles. The molecular weight excluding hydrogens is 840 g/mol. The fraction of sp³-hybridized carbons (Fsp3) is 0.912. The van der Waals surface area contributed by atoms with Crippen LogP contribution in [0.2, 0.25) is 0 Å². The second-order valence-corrected chi connectivity index (χ2v) is 22.5. The van der Waals surface area contributed by atoms with Crippen LogP contribution in [0.5, 0.6) is 0 Å². The lowest BCUT2D eigenvalue weighted by Gasteiger charge is -2.26. The highest BCUT2D eigenvalue weighted by molar-refractivity contribution is 7.47. The summed E-state index contributed by atoms with van der Waals surface area (Å²) in [4.78, 5) is 23.3. The first kappa shape index (κ1) is 65.0. The zero-order valence-electron chi connectivity index (χ0n) is 44.7. The van der Waals surface area contributed by atoms with Crippen molar-refractivity contribution in [3.63, 3.8) is 0 Å². The van der Waals surface area contributed by atoms with Gasteiger partial charge in [0.15, 0.2) is 0 Å². The quantitative estimate of drug-likeness (QED) is 0.0243. The Morgan fingerprint density at radius 2 is 0.864 bits per heavy atom. The molecule has 8 nitrogen and oxygen atoms in total. The third kappa shape index (κ3) is 50.8. The van der Waals surface area contributed by atoms with Crippen LogP contribution in [-0.4, -0.2) is 73.4 Å². The maximum Gasteiger partial charge on any atom is 0.472 e. The summed E-state index contributed by atoms with van der Waals surface area (Å²) < 4.78 is 23.8. The maximum absolute atomic E-state index is 13.0. The average molecular weight is 955 g/mol. The van der Waals surface area contributed by atoms with Crippen LogP contribution in [0.25, 0.3) is 0 Å². The van der Waals surface area contributed by atoms with Crippen LogP contribution in [-0.2, 0) is 18.4 Å². The molecule has 0 saturated heterocycles. The normalized spacial score (nSPS) is 14.1. The molecule has 66 heavy (non-hydrogen) atoms. The van der Waals surface area contributed by atoms with Gasteiger partial charge in [0.05, 0.1) is 39.9 Å². The molecule has 1 amide bonds. The van der Waals surface area contributed by atoms with E-state index in [4.69, 9.17) is 9.05 Å². The minimum absolute atomic E-state index is 0.0741. The van der Waals surface area contributed by atoms with Gasteiger partial charge in [0.25, 0.3) is 0 Å². The van der Waals surface area contributed by atoms with Crippen LogP contribution in [0.15, 0.2) is 24.3 Å². The van der Waals surface area contributed by atoms with Gasteiger partial charge in [-0.1, -0.05) is 256 Å². The van der Waals surface area contributed by atoms with Crippen LogP contribution in [0.4, 0.5) is 0 Å². The van der Waals surface area contributed by atoms with Crippen molar-refractivity contribution < 1.29 is 32.9 Å². The topological polar surface area (TPSA) is 105 Å². The molecule has 392 valence electrons. The molecular formula is C57H114N2O6P+. The van der Waals surface area contributed by atoms with Crippen molar-refractivity contribution in [3.05, 3.63) is 24.3 Å². The van der Waals surface area contributed by atoms with E-state index in [1.807, 2.05) is 21.1 Å². The van der Waals surface area contributed by atoms with Gasteiger partial charge in [-0.2, -0.15) is 0 Å². The van der Waals surface area contributed by atoms with E-state index in [1.165, 1.54) is 205 Å². The predicted octanol–water partition coefficient (Wildman–Crippen LogP) is 17.2. The van der Waals surface area contributed by atoms with Crippen molar-refractivity contribution in [3.8, 4) is 0 Å². The average Bonchev–Trinajstić information content (AvgIpc) is 3.28. The molecule has 0 spiro atoms. The van der Waals surface area contributed by atoms with Gasteiger partial charge in [0, 0.05) is 6.42 Å². The SMILES string of the molecule is CCCCCC/C=C\C/C=C\CCCCCCCCCC(=O)NC(COP(=O)(O)OCC[N+](C)(C)C)C(O)CCCCCCCCCCCCCCCCCCCCCCCCCCCC. The standard InChI is InChI=1S/C57H113N2O6P/c1-6-8-10-12-14-16-18-20-22-24-26-27-28-29-30-31-32-33-34-36-38-40-42-44-46-48-50-56(60)55(54-65-66(62,63)64-53-52-59(3,4)5)58-57(61)51-49-47-45-43-41-39-37-35-25-23-21-19-17-15-13-11-9-7-2/h17,19,23,25,55-56,60H,6-16,18,20-22,24,26-54H2,1-5H3,(H-,58,61,62,63)/p+1/b19-17-,25-23-. The molecule has 0 rings (SSSR count). The Bertz CT molecular complexity index is 1130. The van der Waals surface area contributed by atoms with E-state index in [1.54, 1.807) is 0 Å². The molecule has 9 heteroatoms. The van der Waals surface area contributed by atoms with Gasteiger partial charge < -0.3 is 19.8 Å². The Kier molecular flexibility index (Phi) is 48.2. The van der Waals surface area contributed by atoms with Crippen LogP contribution in [0, 0.1) is 0 Å². The number of aliphatic hydroxyl groups excluding tert-OH is 1. The number of nitrogens with zero attached hydrogens (tertiary/aromatic N) is 1. The number of aliphatic hydroxyl groups is 1. The smallest absolute Gasteiger partial charge is 0.391 e. The van der Waals surface area contributed by atoms with Crippen LogP contribution < -0.4 is 5.32 Å². The molecule has 0 bridgehead atoms. The van der Waals surface area contributed by atoms with E-state index in [9.17, 15) is 19.4 Å². The molecule has 0 aromatic carbocycles. The van der Waals surface area contributed by atoms with Crippen molar-refractivity contribution >= 4 is 13.7 Å². The number of hydrogen-bond acceptors (Lipinski definition) is 5. The minimum atomic E-state index is -4.32. The van der Waals surface area contributed by atoms with E-state index in [2.05, 4.69) is 43.5 Å². The number of amides is 1. The second-order valence-electron chi connectivity index (χ2n) is 21.0. The molecule has 0 aliphatic carbocycles. The summed E-state index contributed by atoms with van der Waals surface area (Å²) in [5, 5.41) is 14.1. The molecule has 0 fully saturated rings. The molecule has 0 heterocycles. The van der Waals surface area contributed by atoms with Crippen molar-refractivity contribution in [2.24, 2.45) is 0 Å². The van der Waals surface area contributed by atoms with Gasteiger partial charge >= 0.3 is 7.82 Å². The summed E-state index contributed by atoms with van der Waals surface area (Å²) in [5.41, 5.74) is 0. The lowest BCUT2D eigenvalue weighted by molar-refractivity contribution is -0.870. The summed E-state index contributed by atoms with van der Waals surface area (Å²) in [7, 11) is 1.62. The number of rotatable bonds is 53. The number of carbonyl (C=O) groups excluding carboxylic acids is 1. The first-order chi connectivity index (χ1) is 32.0. The lowest BCUT2D eigenvalue weighted by atomic mass is 10.0. The van der Waals surface area contributed by atoms with Crippen molar-refractivity contribution in [2.45, 2.75) is 296 Å². The summed E-state index contributed by atoms with van der Waals surface area (Å²) in [6, 6.07) is -0.764. The lowest BCUT2D eigenvalue weighted by Crippen LogP contribution is -2.46. The first-order valence-corrected chi connectivity index (χ1v) is 30.2. The largest absolute Gasteiger partial charge is 0.472 e. The molecule has 3 atom stereocenters. The van der Waals surface area contributed by atoms with E-state index in [0.717, 1.165) is 51.4 Å². The minimum Gasteiger partial charge on any atom is -0.391 e. The highest BCUT2D eigenvalue weighted by Gasteiger charge is 2.28. The number of likely N-dealkylation sites (N-methyl/N-ethyl adjacent to an activating group) is 1. The number of phosphoric acid groups is 1. The van der Waals surface area contributed by atoms with E-state index < -0.39 is 20.0 Å². The Morgan fingerprint density at radius 1 is 0.515 bits per heavy atom. The number of nitrogens with one attached hydrogen (secondary N) is 1.